The third-order valence-corrected chi connectivity index (χ3v) is 24.7. The minimum atomic E-state index is -1.40. The van der Waals surface area contributed by atoms with Gasteiger partial charge in [0.05, 0.1) is 51.8 Å². The van der Waals surface area contributed by atoms with Crippen molar-refractivity contribution in [1.29, 1.82) is 10.5 Å². The lowest BCUT2D eigenvalue weighted by Crippen LogP contribution is -2.37. The number of aromatic hydroxyl groups is 2. The van der Waals surface area contributed by atoms with Gasteiger partial charge >= 0.3 is 6.03 Å². The number of aliphatic hydroxyl groups is 2. The summed E-state index contributed by atoms with van der Waals surface area (Å²) in [5, 5.41) is 73.9. The Kier molecular flexibility index (Phi) is 40.4. The number of guanidine groups is 1. The van der Waals surface area contributed by atoms with Crippen LogP contribution in [-0.4, -0.2) is 174 Å². The Morgan fingerprint density at radius 1 is 0.529 bits per heavy atom. The molecule has 0 bridgehead atoms. The molecule has 2 fully saturated rings. The number of phenols is 2. The first kappa shape index (κ1) is 97.1. The molecule has 6 aromatic rings. The zero-order valence-electron chi connectivity index (χ0n) is 67.6. The van der Waals surface area contributed by atoms with Crippen LogP contribution in [0, 0.1) is 64.1 Å². The second-order valence-corrected chi connectivity index (χ2v) is 34.1. The van der Waals surface area contributed by atoms with Crippen LogP contribution in [0.25, 0.3) is 20.4 Å². The molecule has 0 spiro atoms. The van der Waals surface area contributed by atoms with Crippen molar-refractivity contribution in [2.75, 3.05) is 49.2 Å². The third-order valence-electron chi connectivity index (χ3n) is 21.4. The Morgan fingerprint density at radius 2 is 1.00 bits per heavy atom. The van der Waals surface area contributed by atoms with Crippen LogP contribution in [0.3, 0.4) is 0 Å². The first-order valence-corrected chi connectivity index (χ1v) is 43.3. The van der Waals surface area contributed by atoms with Crippen molar-refractivity contribution in [1.82, 2.24) is 25.9 Å². The van der Waals surface area contributed by atoms with Crippen LogP contribution < -0.4 is 61.0 Å². The molecule has 650 valence electrons. The highest BCUT2D eigenvalue weighted by Crippen LogP contribution is 2.35. The number of unbranched alkanes of at least 4 members (excludes halogenated alkanes) is 4. The summed E-state index contributed by atoms with van der Waals surface area (Å²) in [5.41, 5.74) is 37.6. The SMILES string of the molecule is N#Cc1nc2ccc(NC(=O)C(CC(=O)C(CCC(N)=O)CC(=O)C(CCC(N)=O)CC(=O)C(CO)CC(=O)C(CCCCN)CC(=O)C(CCCN=C(N)N)CC(=O)C(CO)CC(=O)CCCCCNC(=O)CCCCC3SCC4NC(=O)NC43)Cc3ccc(O)cc3)cc2s1.N#Cc1nc2ccc(NC(=O)C(N)Cc3ccc(O)cc3)cc2s1. The number of aliphatic hydroxyl groups excluding tert-OH is 2. The van der Waals surface area contributed by atoms with Crippen LogP contribution in [0.5, 0.6) is 11.5 Å². The van der Waals surface area contributed by atoms with E-state index in [2.05, 4.69) is 41.5 Å². The average Bonchev–Trinajstić information content (AvgIpc) is 1.68. The van der Waals surface area contributed by atoms with Gasteiger partial charge < -0.3 is 81.4 Å². The summed E-state index contributed by atoms with van der Waals surface area (Å²) in [5.74, 6) is -13.8. The molecular weight excluding hydrogens is 1610 g/mol. The number of thiazole rings is 2. The number of anilines is 2. The average molecular weight is 1720 g/mol. The fourth-order valence-electron chi connectivity index (χ4n) is 14.6. The molecule has 0 saturated carbocycles. The first-order valence-electron chi connectivity index (χ1n) is 40.7. The maximum absolute atomic E-state index is 14.5. The van der Waals surface area contributed by atoms with Gasteiger partial charge in [-0.15, -0.1) is 22.7 Å². The lowest BCUT2D eigenvalue weighted by atomic mass is 9.79. The molecule has 121 heavy (non-hydrogen) atoms. The summed E-state index contributed by atoms with van der Waals surface area (Å²) in [6.07, 6.45) is 1.97. The molecule has 2 aliphatic rings. The van der Waals surface area contributed by atoms with Crippen LogP contribution in [0.15, 0.2) is 89.9 Å². The monoisotopic (exact) mass is 1720 g/mol. The molecule has 11 atom stereocenters. The number of hydrogen-bond acceptors (Lipinski definition) is 27. The fourth-order valence-corrected chi connectivity index (χ4v) is 17.7. The molecule has 21 N–H and O–H groups in total. The number of phenolic OH excluding ortho intramolecular Hbond substituents is 2. The van der Waals surface area contributed by atoms with E-state index >= 15 is 0 Å². The molecule has 36 heteroatoms. The molecule has 7 amide bonds. The number of carbonyl (C=O) groups is 13. The molecule has 4 aromatic carbocycles. The lowest BCUT2D eigenvalue weighted by Gasteiger charge is -2.24. The number of urea groups is 1. The summed E-state index contributed by atoms with van der Waals surface area (Å²) in [6, 6.07) is 26.1. The van der Waals surface area contributed by atoms with Crippen molar-refractivity contribution in [2.24, 2.45) is 80.8 Å². The maximum Gasteiger partial charge on any atom is 0.315 e. The van der Waals surface area contributed by atoms with Gasteiger partial charge in [-0.05, 0) is 155 Å². The largest absolute Gasteiger partial charge is 0.508 e. The van der Waals surface area contributed by atoms with Gasteiger partial charge in [-0.25, -0.2) is 14.8 Å². The Labute approximate surface area is 713 Å². The van der Waals surface area contributed by atoms with Gasteiger partial charge in [0.1, 0.15) is 64.1 Å². The van der Waals surface area contributed by atoms with Gasteiger partial charge in [-0.2, -0.15) is 22.3 Å². The number of rotatable bonds is 55. The van der Waals surface area contributed by atoms with Crippen molar-refractivity contribution >= 4 is 148 Å². The Bertz CT molecular complexity index is 4700. The Balaban J connectivity index is 0.000000711. The smallest absolute Gasteiger partial charge is 0.315 e. The third kappa shape index (κ3) is 33.2. The number of thioether (sulfide) groups is 1. The minimum Gasteiger partial charge on any atom is -0.508 e. The van der Waals surface area contributed by atoms with Gasteiger partial charge in [-0.3, -0.25) is 62.5 Å². The number of amides is 7. The van der Waals surface area contributed by atoms with E-state index in [9.17, 15) is 88.0 Å². The number of Topliss-reactive ketones (excluding diaryl/α,β-unsaturated/α-hetero) is 7. The number of ketones is 7. The highest BCUT2D eigenvalue weighted by molar-refractivity contribution is 8.00. The van der Waals surface area contributed by atoms with E-state index < -0.39 is 139 Å². The number of primary amides is 2. The predicted molar refractivity (Wildman–Crippen MR) is 459 cm³/mol. The highest BCUT2D eigenvalue weighted by Gasteiger charge is 2.43. The van der Waals surface area contributed by atoms with Crippen LogP contribution in [0.2, 0.25) is 0 Å². The van der Waals surface area contributed by atoms with E-state index in [0.717, 1.165) is 52.1 Å². The molecular formula is C85H110N16O17S3. The van der Waals surface area contributed by atoms with Crippen LogP contribution in [-0.2, 0) is 70.4 Å². The number of carbonyl (C=O) groups excluding carboxylic acids is 13. The Hall–Kier alpha value is -11.0. The van der Waals surface area contributed by atoms with Gasteiger partial charge in [0.2, 0.25) is 29.5 Å². The lowest BCUT2D eigenvalue weighted by molar-refractivity contribution is -0.137. The normalized spacial score (nSPS) is 16.0. The number of nitriles is 2. The summed E-state index contributed by atoms with van der Waals surface area (Å²) in [4.78, 5) is 186. The summed E-state index contributed by atoms with van der Waals surface area (Å²) in [7, 11) is 0. The zero-order chi connectivity index (χ0) is 88.1. The first-order chi connectivity index (χ1) is 57.9. The van der Waals surface area contributed by atoms with Crippen molar-refractivity contribution in [3.63, 3.8) is 0 Å². The van der Waals surface area contributed by atoms with Crippen LogP contribution >= 0.6 is 34.4 Å². The molecule has 2 saturated heterocycles. The molecule has 2 aliphatic heterocycles. The van der Waals surface area contributed by atoms with Gasteiger partial charge in [0.15, 0.2) is 16.0 Å². The number of fused-ring (bicyclic) bond motifs is 3. The van der Waals surface area contributed by atoms with E-state index in [1.807, 2.05) is 23.9 Å². The number of nitrogens with one attached hydrogen (secondary N) is 5. The molecule has 33 nitrogen and oxygen atoms in total. The van der Waals surface area contributed by atoms with E-state index in [4.69, 9.17) is 39.7 Å². The number of nitrogens with two attached hydrogens (primary N) is 6. The van der Waals surface area contributed by atoms with Crippen LogP contribution in [0.4, 0.5) is 16.2 Å². The number of aliphatic imine (C=N–C) groups is 1. The van der Waals surface area contributed by atoms with Crippen molar-refractivity contribution in [3.8, 4) is 23.6 Å². The quantitative estimate of drug-likeness (QED) is 0.00831. The van der Waals surface area contributed by atoms with E-state index in [1.54, 1.807) is 72.8 Å². The Morgan fingerprint density at radius 3 is 1.50 bits per heavy atom. The standard InChI is InChI=1S/C68H96N12O15S2.C17H14N4O2S/c69-24-6-5-9-41(29-53(85)42(10-8-26-76-67(73)74)30-57(89)46(37-81)28-50(84)11-2-1-7-25-75-63(93)13-4-3-12-59-65-52(39-96-59)79-68(95)80-65)56(88)34-47(38-82)58(90)32-44(17-23-62(72)92)54(86)31-43(16-22-61(71)91)55(87)33-45(27-40-14-19-49(83)20-15-40)66(94)77-48-18-21-51-60(35-48)97-64(36-70)78-51;18-9-16-21-14-6-3-11(8-15(14)24-16)20-17(23)13(19)7-10-1-4-12(22)5-2-10/h14-15,18-21,35,41-47,52,59,65,81-83H,1-13,16-17,22-34,37-39,69H2,(H2,71,91)(H2,72,92)(H,75,93)(H,77,94)(H4,73,74,76)(H2,79,80,95);1-6,8,13,22H,7,19H2,(H,20,23). The molecule has 2 aromatic heterocycles. The minimum absolute atomic E-state index is 0.00897. The summed E-state index contributed by atoms with van der Waals surface area (Å²) >= 11 is 4.22. The topological polar surface area (TPSA) is 605 Å². The van der Waals surface area contributed by atoms with Crippen molar-refractivity contribution < 1.29 is 82.8 Å². The van der Waals surface area contributed by atoms with Gasteiger partial charge in [0, 0.05) is 148 Å². The molecule has 0 radical (unpaired) electrons. The van der Waals surface area contributed by atoms with Gasteiger partial charge in [-0.1, -0.05) is 43.5 Å². The second kappa shape index (κ2) is 50.3. The number of hydrogen-bond donors (Lipinski definition) is 15. The number of nitrogens with zero attached hydrogens (tertiary/aromatic N) is 5. The van der Waals surface area contributed by atoms with E-state index in [-0.39, 0.29) is 148 Å². The maximum atomic E-state index is 14.5. The zero-order valence-corrected chi connectivity index (χ0v) is 70.0. The molecule has 0 aliphatic carbocycles. The molecule has 4 heterocycles. The van der Waals surface area contributed by atoms with E-state index in [0.29, 0.717) is 88.9 Å². The summed E-state index contributed by atoms with van der Waals surface area (Å²) < 4.78 is 1.45. The molecule has 11 unspecified atom stereocenters. The predicted octanol–water partition coefficient (Wildman–Crippen LogP) is 6.57. The van der Waals surface area contributed by atoms with Crippen LogP contribution in [0.1, 0.15) is 175 Å². The van der Waals surface area contributed by atoms with Crippen molar-refractivity contribution in [2.45, 2.75) is 190 Å². The highest BCUT2D eigenvalue weighted by atomic mass is 32.2. The van der Waals surface area contributed by atoms with Crippen molar-refractivity contribution in [3.05, 3.63) is 106 Å². The number of aromatic nitrogens is 2. The number of benzene rings is 4. The second-order valence-electron chi connectivity index (χ2n) is 30.7. The van der Waals surface area contributed by atoms with E-state index in [1.165, 1.54) is 23.5 Å². The molecule has 8 rings (SSSR count). The van der Waals surface area contributed by atoms with Gasteiger partial charge in [0.25, 0.3) is 0 Å². The summed E-state index contributed by atoms with van der Waals surface area (Å²) in [6.45, 7) is -0.740. The fraction of sp³-hybridized carbons (Fsp3) is 0.506.